The highest BCUT2D eigenvalue weighted by Crippen LogP contribution is 2.25. The monoisotopic (exact) mass is 267 g/mol. The highest BCUT2D eigenvalue weighted by molar-refractivity contribution is 7.22. The Balaban J connectivity index is 1.62. The lowest BCUT2D eigenvalue weighted by Crippen LogP contribution is -1.91. The van der Waals surface area contributed by atoms with Gasteiger partial charge in [-0.15, -0.1) is 0 Å². The van der Waals surface area contributed by atoms with Gasteiger partial charge in [0.05, 0.1) is 10.2 Å². The van der Waals surface area contributed by atoms with Crippen LogP contribution in [0.15, 0.2) is 59.7 Å². The maximum atomic E-state index is 4.45. The molecule has 2 aromatic carbocycles. The van der Waals surface area contributed by atoms with Crippen molar-refractivity contribution in [3.63, 3.8) is 0 Å². The van der Waals surface area contributed by atoms with Crippen LogP contribution < -0.4 is 5.43 Å². The van der Waals surface area contributed by atoms with E-state index in [-0.39, 0.29) is 0 Å². The molecular weight excluding hydrogens is 254 g/mol. The van der Waals surface area contributed by atoms with Crippen LogP contribution in [0.25, 0.3) is 10.2 Å². The molecule has 0 saturated carbocycles. The summed E-state index contributed by atoms with van der Waals surface area (Å²) in [6.07, 6.45) is 2.68. The van der Waals surface area contributed by atoms with E-state index in [4.69, 9.17) is 0 Å². The van der Waals surface area contributed by atoms with E-state index in [2.05, 4.69) is 33.7 Å². The first-order chi connectivity index (χ1) is 9.42. The Morgan fingerprint density at radius 2 is 1.84 bits per heavy atom. The fourth-order valence-corrected chi connectivity index (χ4v) is 2.60. The summed E-state index contributed by atoms with van der Waals surface area (Å²) < 4.78 is 1.17. The number of hydrazone groups is 1. The predicted molar refractivity (Wildman–Crippen MR) is 81.9 cm³/mol. The fraction of sp³-hybridized carbons (Fsp3) is 0.0667. The minimum absolute atomic E-state index is 0.818. The number of anilines is 1. The third kappa shape index (κ3) is 2.98. The average molecular weight is 267 g/mol. The number of fused-ring (bicyclic) bond motifs is 1. The van der Waals surface area contributed by atoms with Crippen molar-refractivity contribution in [3.05, 3.63) is 60.2 Å². The van der Waals surface area contributed by atoms with Crippen molar-refractivity contribution in [2.75, 3.05) is 5.43 Å². The minimum Gasteiger partial charge on any atom is -0.253 e. The van der Waals surface area contributed by atoms with E-state index in [1.807, 2.05) is 42.6 Å². The number of benzene rings is 2. The number of aromatic nitrogens is 1. The topological polar surface area (TPSA) is 37.3 Å². The largest absolute Gasteiger partial charge is 0.253 e. The van der Waals surface area contributed by atoms with E-state index in [1.165, 1.54) is 10.3 Å². The Hall–Kier alpha value is -2.20. The first-order valence-corrected chi connectivity index (χ1v) is 6.90. The van der Waals surface area contributed by atoms with Gasteiger partial charge in [-0.3, -0.25) is 5.43 Å². The van der Waals surface area contributed by atoms with Crippen molar-refractivity contribution >= 4 is 32.9 Å². The number of hydrogen-bond acceptors (Lipinski definition) is 4. The summed E-state index contributed by atoms with van der Waals surface area (Å²) in [5.41, 5.74) is 5.24. The molecular formula is C15H13N3S. The Morgan fingerprint density at radius 3 is 2.68 bits per heavy atom. The Morgan fingerprint density at radius 1 is 1.05 bits per heavy atom. The molecule has 3 aromatic rings. The highest BCUT2D eigenvalue weighted by atomic mass is 32.1. The zero-order chi connectivity index (χ0) is 12.9. The number of thiazole rings is 1. The van der Waals surface area contributed by atoms with Crippen molar-refractivity contribution < 1.29 is 0 Å². The van der Waals surface area contributed by atoms with Crippen LogP contribution in [0.2, 0.25) is 0 Å². The predicted octanol–water partition coefficient (Wildman–Crippen LogP) is 3.94. The number of hydrogen-bond donors (Lipinski definition) is 1. The van der Waals surface area contributed by atoms with Crippen LogP contribution in [0.1, 0.15) is 5.56 Å². The van der Waals surface area contributed by atoms with Gasteiger partial charge in [0.2, 0.25) is 5.13 Å². The van der Waals surface area contributed by atoms with Gasteiger partial charge >= 0.3 is 0 Å². The van der Waals surface area contributed by atoms with Crippen molar-refractivity contribution in [3.8, 4) is 0 Å². The number of para-hydroxylation sites is 1. The lowest BCUT2D eigenvalue weighted by atomic mass is 10.2. The highest BCUT2D eigenvalue weighted by Gasteiger charge is 2.00. The van der Waals surface area contributed by atoms with E-state index in [0.717, 1.165) is 17.1 Å². The summed E-state index contributed by atoms with van der Waals surface area (Å²) in [4.78, 5) is 4.45. The zero-order valence-corrected chi connectivity index (χ0v) is 11.1. The van der Waals surface area contributed by atoms with Gasteiger partial charge in [0.1, 0.15) is 0 Å². The van der Waals surface area contributed by atoms with E-state index in [0.29, 0.717) is 0 Å². The van der Waals surface area contributed by atoms with Crippen LogP contribution in [0.5, 0.6) is 0 Å². The maximum Gasteiger partial charge on any atom is 0.204 e. The molecule has 3 rings (SSSR count). The Kier molecular flexibility index (Phi) is 3.51. The van der Waals surface area contributed by atoms with Gasteiger partial charge in [0.15, 0.2) is 0 Å². The minimum atomic E-state index is 0.818. The molecule has 0 radical (unpaired) electrons. The van der Waals surface area contributed by atoms with Crippen LogP contribution in [-0.4, -0.2) is 11.2 Å². The quantitative estimate of drug-likeness (QED) is 0.574. The summed E-state index contributed by atoms with van der Waals surface area (Å²) in [7, 11) is 0. The molecule has 0 bridgehead atoms. The van der Waals surface area contributed by atoms with Crippen LogP contribution in [-0.2, 0) is 6.42 Å². The van der Waals surface area contributed by atoms with Crippen LogP contribution in [0.4, 0.5) is 5.13 Å². The molecule has 0 atom stereocenters. The molecule has 94 valence electrons. The molecule has 0 aliphatic heterocycles. The molecule has 4 heteroatoms. The zero-order valence-electron chi connectivity index (χ0n) is 10.3. The molecule has 0 fully saturated rings. The van der Waals surface area contributed by atoms with Crippen molar-refractivity contribution in [2.24, 2.45) is 5.10 Å². The second kappa shape index (κ2) is 5.63. The molecule has 0 amide bonds. The number of nitrogens with one attached hydrogen (secondary N) is 1. The molecule has 0 spiro atoms. The normalized spacial score (nSPS) is 11.2. The number of nitrogens with zero attached hydrogens (tertiary/aromatic N) is 2. The van der Waals surface area contributed by atoms with Crippen molar-refractivity contribution in [1.82, 2.24) is 4.98 Å². The van der Waals surface area contributed by atoms with E-state index in [9.17, 15) is 0 Å². The first-order valence-electron chi connectivity index (χ1n) is 6.09. The van der Waals surface area contributed by atoms with Crippen LogP contribution in [0, 0.1) is 0 Å². The molecule has 0 aliphatic carbocycles. The summed E-state index contributed by atoms with van der Waals surface area (Å²) in [6.45, 7) is 0. The van der Waals surface area contributed by atoms with Gasteiger partial charge in [-0.25, -0.2) is 4.98 Å². The molecule has 0 aliphatic rings. The fourth-order valence-electron chi connectivity index (χ4n) is 1.79. The van der Waals surface area contributed by atoms with Crippen LogP contribution >= 0.6 is 11.3 Å². The van der Waals surface area contributed by atoms with E-state index >= 15 is 0 Å². The SMILES string of the molecule is C(Cc1ccccc1)=NNc1nc2ccccc2s1. The Labute approximate surface area is 115 Å². The third-order valence-electron chi connectivity index (χ3n) is 2.72. The van der Waals surface area contributed by atoms with Crippen molar-refractivity contribution in [1.29, 1.82) is 0 Å². The summed E-state index contributed by atoms with van der Waals surface area (Å²) >= 11 is 1.61. The van der Waals surface area contributed by atoms with E-state index in [1.54, 1.807) is 11.3 Å². The van der Waals surface area contributed by atoms with Gasteiger partial charge in [-0.1, -0.05) is 53.8 Å². The molecule has 0 unspecified atom stereocenters. The molecule has 1 N–H and O–H groups in total. The molecule has 3 nitrogen and oxygen atoms in total. The molecule has 0 saturated heterocycles. The van der Waals surface area contributed by atoms with Gasteiger partial charge in [0, 0.05) is 12.6 Å². The number of rotatable bonds is 4. The third-order valence-corrected chi connectivity index (χ3v) is 3.66. The van der Waals surface area contributed by atoms with E-state index < -0.39 is 0 Å². The summed E-state index contributed by atoms with van der Waals surface area (Å²) in [6, 6.07) is 18.3. The standard InChI is InChI=1S/C15H13N3S/c1-2-6-12(7-3-1)10-11-16-18-15-17-13-8-4-5-9-14(13)19-15/h1-9,11H,10H2,(H,17,18). The molecule has 1 aromatic heterocycles. The van der Waals surface area contributed by atoms with Gasteiger partial charge in [0.25, 0.3) is 0 Å². The smallest absolute Gasteiger partial charge is 0.204 e. The lowest BCUT2D eigenvalue weighted by Gasteiger charge is -1.94. The summed E-state index contributed by atoms with van der Waals surface area (Å²) in [5.74, 6) is 0. The molecule has 1 heterocycles. The Bertz CT molecular complexity index is 656. The average Bonchev–Trinajstić information content (AvgIpc) is 2.87. The second-order valence-corrected chi connectivity index (χ2v) is 5.13. The maximum absolute atomic E-state index is 4.45. The lowest BCUT2D eigenvalue weighted by molar-refractivity contribution is 1.27. The van der Waals surface area contributed by atoms with Gasteiger partial charge in [-0.2, -0.15) is 5.10 Å². The van der Waals surface area contributed by atoms with Crippen molar-refractivity contribution in [2.45, 2.75) is 6.42 Å². The second-order valence-electron chi connectivity index (χ2n) is 4.10. The summed E-state index contributed by atoms with van der Waals surface area (Å²) in [5, 5.41) is 5.03. The molecule has 19 heavy (non-hydrogen) atoms. The van der Waals surface area contributed by atoms with Gasteiger partial charge < -0.3 is 0 Å². The van der Waals surface area contributed by atoms with Gasteiger partial charge in [-0.05, 0) is 17.7 Å². The van der Waals surface area contributed by atoms with Crippen LogP contribution in [0.3, 0.4) is 0 Å². The first kappa shape index (κ1) is 11.9.